The molecule has 1 heteroatoms. The van der Waals surface area contributed by atoms with Crippen molar-refractivity contribution in [3.63, 3.8) is 0 Å². The Bertz CT molecular complexity index is 444. The predicted molar refractivity (Wildman–Crippen MR) is 117 cm³/mol. The monoisotopic (exact) mass is 402 g/mol. The summed E-state index contributed by atoms with van der Waals surface area (Å²) in [6.45, 7) is 8.99. The van der Waals surface area contributed by atoms with E-state index in [2.05, 4.69) is 52.0 Å². The zero-order chi connectivity index (χ0) is 19.0. The molecule has 0 aromatic heterocycles. The molecule has 0 bridgehead atoms. The van der Waals surface area contributed by atoms with Gasteiger partial charge in [0.25, 0.3) is 0 Å². The Hall–Kier alpha value is -0.326. The molecule has 150 valence electrons. The maximum atomic E-state index is 3.42. The van der Waals surface area contributed by atoms with Crippen molar-refractivity contribution in [3.8, 4) is 0 Å². The van der Waals surface area contributed by atoms with Gasteiger partial charge in [-0.2, -0.15) is 23.3 Å². The summed E-state index contributed by atoms with van der Waals surface area (Å²) < 4.78 is 0. The van der Waals surface area contributed by atoms with Gasteiger partial charge in [-0.05, 0) is 0 Å². The Morgan fingerprint density at radius 3 is 1.37 bits per heavy atom. The molecular formula is C26H42Ti. The van der Waals surface area contributed by atoms with Gasteiger partial charge in [0.05, 0.1) is 0 Å². The van der Waals surface area contributed by atoms with Crippen molar-refractivity contribution in [3.05, 3.63) is 46.6 Å². The van der Waals surface area contributed by atoms with Crippen LogP contribution in [0.25, 0.3) is 0 Å². The molecule has 0 saturated carbocycles. The van der Waals surface area contributed by atoms with E-state index in [4.69, 9.17) is 0 Å². The smallest absolute Gasteiger partial charge is 0.269 e. The first kappa shape index (κ1) is 26.7. The van der Waals surface area contributed by atoms with Crippen LogP contribution < -0.4 is 0 Å². The minimum atomic E-state index is 0. The summed E-state index contributed by atoms with van der Waals surface area (Å²) in [5.74, 6) is 0. The minimum absolute atomic E-state index is 0. The molecule has 2 aliphatic rings. The average molecular weight is 402 g/mol. The summed E-state index contributed by atoms with van der Waals surface area (Å²) in [7, 11) is 0. The van der Waals surface area contributed by atoms with Gasteiger partial charge in [-0.25, -0.2) is 11.1 Å². The van der Waals surface area contributed by atoms with E-state index in [0.717, 1.165) is 12.8 Å². The van der Waals surface area contributed by atoms with Crippen LogP contribution in [0.1, 0.15) is 118 Å². The number of hydrogen-bond acceptors (Lipinski definition) is 0. The summed E-state index contributed by atoms with van der Waals surface area (Å²) in [6.07, 6.45) is 29.5. The van der Waals surface area contributed by atoms with Crippen molar-refractivity contribution in [2.75, 3.05) is 0 Å². The van der Waals surface area contributed by atoms with Gasteiger partial charge in [-0.1, -0.05) is 105 Å². The Kier molecular flexibility index (Phi) is 17.5. The number of allylic oxidation sites excluding steroid dienone is 8. The van der Waals surface area contributed by atoms with Crippen LogP contribution in [0.15, 0.2) is 34.4 Å². The third kappa shape index (κ3) is 11.3. The second kappa shape index (κ2) is 17.8. The standard InChI is InChI=1S/2C13H21.Ti/c2*1-3-5-6-7-9-13-11-8-10-12(13)4-2;/h2*11H,3-9H2,1-2H3;/q2*-1;+2. The van der Waals surface area contributed by atoms with Crippen LogP contribution in [0.4, 0.5) is 0 Å². The van der Waals surface area contributed by atoms with Gasteiger partial charge in [0, 0.05) is 0 Å². The molecule has 0 aromatic carbocycles. The topological polar surface area (TPSA) is 0 Å². The van der Waals surface area contributed by atoms with Gasteiger partial charge in [0.1, 0.15) is 0 Å². The fraction of sp³-hybridized carbons (Fsp3) is 0.692. The average Bonchev–Trinajstić information content (AvgIpc) is 3.31. The molecule has 0 fully saturated rings. The van der Waals surface area contributed by atoms with Crippen molar-refractivity contribution >= 4 is 0 Å². The van der Waals surface area contributed by atoms with Crippen LogP contribution in [-0.2, 0) is 21.7 Å². The zero-order valence-electron chi connectivity index (χ0n) is 18.6. The van der Waals surface area contributed by atoms with Crippen molar-refractivity contribution in [2.24, 2.45) is 0 Å². The van der Waals surface area contributed by atoms with E-state index < -0.39 is 0 Å². The van der Waals surface area contributed by atoms with Gasteiger partial charge in [-0.3, -0.25) is 12.2 Å². The Labute approximate surface area is 185 Å². The fourth-order valence-corrected chi connectivity index (χ4v) is 3.76. The maximum absolute atomic E-state index is 3.42. The third-order valence-electron chi connectivity index (χ3n) is 5.41. The van der Waals surface area contributed by atoms with E-state index >= 15 is 0 Å². The largest absolute Gasteiger partial charge is 2.00 e. The Morgan fingerprint density at radius 2 is 1.04 bits per heavy atom. The van der Waals surface area contributed by atoms with E-state index in [1.54, 1.807) is 11.1 Å². The van der Waals surface area contributed by atoms with Gasteiger partial charge < -0.3 is 0 Å². The number of rotatable bonds is 12. The molecule has 0 spiro atoms. The normalized spacial score (nSPS) is 15.3. The summed E-state index contributed by atoms with van der Waals surface area (Å²) in [5.41, 5.74) is 6.13. The zero-order valence-corrected chi connectivity index (χ0v) is 20.1. The second-order valence-electron chi connectivity index (χ2n) is 7.51. The van der Waals surface area contributed by atoms with Gasteiger partial charge in [0.15, 0.2) is 0 Å². The molecule has 0 unspecified atom stereocenters. The number of unbranched alkanes of at least 4 members (excludes halogenated alkanes) is 6. The van der Waals surface area contributed by atoms with E-state index in [1.165, 1.54) is 88.2 Å². The first-order valence-corrected chi connectivity index (χ1v) is 11.3. The first-order valence-electron chi connectivity index (χ1n) is 11.3. The molecule has 0 radical (unpaired) electrons. The van der Waals surface area contributed by atoms with Crippen LogP contribution in [0.5, 0.6) is 0 Å². The summed E-state index contributed by atoms with van der Waals surface area (Å²) >= 11 is 0. The molecule has 2 aliphatic carbocycles. The SMILES string of the molecule is CCCCCCC1=CC[C-]=C1CC.CCCCCCC1=CC[C-]=C1CC.[Ti+2]. The summed E-state index contributed by atoms with van der Waals surface area (Å²) in [5, 5.41) is 0. The van der Waals surface area contributed by atoms with Crippen LogP contribution in [0, 0.1) is 12.2 Å². The van der Waals surface area contributed by atoms with Crippen molar-refractivity contribution in [2.45, 2.75) is 118 Å². The first-order chi connectivity index (χ1) is 12.8. The van der Waals surface area contributed by atoms with Crippen molar-refractivity contribution in [1.29, 1.82) is 0 Å². The quantitative estimate of drug-likeness (QED) is 0.174. The predicted octanol–water partition coefficient (Wildman–Crippen LogP) is 8.85. The second-order valence-corrected chi connectivity index (χ2v) is 7.51. The van der Waals surface area contributed by atoms with Crippen molar-refractivity contribution in [1.82, 2.24) is 0 Å². The fourth-order valence-electron chi connectivity index (χ4n) is 3.76. The minimum Gasteiger partial charge on any atom is -0.269 e. The van der Waals surface area contributed by atoms with E-state index in [9.17, 15) is 0 Å². The molecule has 2 rings (SSSR count). The number of hydrogen-bond donors (Lipinski definition) is 0. The molecule has 0 aromatic rings. The van der Waals surface area contributed by atoms with Crippen LogP contribution >= 0.6 is 0 Å². The molecule has 0 atom stereocenters. The molecule has 0 heterocycles. The van der Waals surface area contributed by atoms with E-state index in [0.29, 0.717) is 0 Å². The Balaban J connectivity index is 0.000000483. The molecule has 27 heavy (non-hydrogen) atoms. The molecule has 0 saturated heterocycles. The van der Waals surface area contributed by atoms with Crippen molar-refractivity contribution < 1.29 is 21.7 Å². The molecule has 0 nitrogen and oxygen atoms in total. The van der Waals surface area contributed by atoms with Crippen LogP contribution in [0.3, 0.4) is 0 Å². The Morgan fingerprint density at radius 1 is 0.630 bits per heavy atom. The maximum Gasteiger partial charge on any atom is 2.00 e. The molecular weight excluding hydrogens is 360 g/mol. The van der Waals surface area contributed by atoms with Crippen LogP contribution in [-0.4, -0.2) is 0 Å². The van der Waals surface area contributed by atoms with Crippen LogP contribution in [0.2, 0.25) is 0 Å². The van der Waals surface area contributed by atoms with Gasteiger partial charge >= 0.3 is 21.7 Å². The molecule has 0 aliphatic heterocycles. The molecule has 0 amide bonds. The van der Waals surface area contributed by atoms with Gasteiger partial charge in [-0.15, -0.1) is 12.8 Å². The van der Waals surface area contributed by atoms with E-state index in [1.807, 2.05) is 0 Å². The summed E-state index contributed by atoms with van der Waals surface area (Å²) in [4.78, 5) is 0. The summed E-state index contributed by atoms with van der Waals surface area (Å²) in [6, 6.07) is 0. The van der Waals surface area contributed by atoms with Gasteiger partial charge in [0.2, 0.25) is 0 Å². The molecule has 0 N–H and O–H groups in total. The third-order valence-corrected chi connectivity index (χ3v) is 5.41. The van der Waals surface area contributed by atoms with E-state index in [-0.39, 0.29) is 21.7 Å².